The monoisotopic (exact) mass is 354 g/mol. The minimum atomic E-state index is -0.627. The maximum atomic E-state index is 12.2. The summed E-state index contributed by atoms with van der Waals surface area (Å²) in [4.78, 5) is 32.0. The third-order valence-electron chi connectivity index (χ3n) is 4.28. The zero-order valence-corrected chi connectivity index (χ0v) is 15.6. The van der Waals surface area contributed by atoms with Crippen molar-refractivity contribution in [3.05, 3.63) is 54.4 Å². The largest absolute Gasteiger partial charge is 0.372 e. The molecule has 0 aliphatic carbocycles. The van der Waals surface area contributed by atoms with E-state index in [2.05, 4.69) is 29.0 Å². The van der Waals surface area contributed by atoms with E-state index in [0.717, 1.165) is 24.3 Å². The van der Waals surface area contributed by atoms with Crippen molar-refractivity contribution in [2.45, 2.75) is 20.3 Å². The maximum Gasteiger partial charge on any atom is 0.313 e. The van der Waals surface area contributed by atoms with Gasteiger partial charge in [-0.3, -0.25) is 14.6 Å². The first-order chi connectivity index (χ1) is 12.5. The summed E-state index contributed by atoms with van der Waals surface area (Å²) in [7, 11) is 1.63. The minimum absolute atomic E-state index is 0.469. The van der Waals surface area contributed by atoms with E-state index in [9.17, 15) is 9.59 Å². The lowest BCUT2D eigenvalue weighted by molar-refractivity contribution is -0.142. The summed E-state index contributed by atoms with van der Waals surface area (Å²) in [5.74, 6) is -1.18. The summed E-state index contributed by atoms with van der Waals surface area (Å²) in [6.45, 7) is 6.50. The second-order valence-electron chi connectivity index (χ2n) is 6.01. The van der Waals surface area contributed by atoms with Crippen molar-refractivity contribution in [2.75, 3.05) is 36.9 Å². The number of pyridine rings is 1. The molecule has 1 heterocycles. The lowest BCUT2D eigenvalue weighted by Gasteiger charge is -2.21. The molecule has 26 heavy (non-hydrogen) atoms. The van der Waals surface area contributed by atoms with Crippen LogP contribution in [0.4, 0.5) is 11.4 Å². The predicted octanol–water partition coefficient (Wildman–Crippen LogP) is 2.57. The minimum Gasteiger partial charge on any atom is -0.372 e. The normalized spacial score (nSPS) is 10.3. The van der Waals surface area contributed by atoms with Gasteiger partial charge in [-0.2, -0.15) is 0 Å². The first kappa shape index (κ1) is 19.4. The van der Waals surface area contributed by atoms with E-state index < -0.39 is 11.8 Å². The first-order valence-electron chi connectivity index (χ1n) is 8.85. The molecule has 0 saturated carbocycles. The maximum absolute atomic E-state index is 12.2. The second-order valence-corrected chi connectivity index (χ2v) is 6.01. The highest BCUT2D eigenvalue weighted by Gasteiger charge is 2.18. The molecular formula is C20H26N4O2. The zero-order chi connectivity index (χ0) is 18.9. The van der Waals surface area contributed by atoms with Gasteiger partial charge in [0.05, 0.1) is 0 Å². The Bertz CT molecular complexity index is 712. The molecule has 138 valence electrons. The molecule has 1 aromatic carbocycles. The van der Waals surface area contributed by atoms with Gasteiger partial charge in [-0.15, -0.1) is 0 Å². The second kappa shape index (κ2) is 9.56. The van der Waals surface area contributed by atoms with Gasteiger partial charge in [0.25, 0.3) is 0 Å². The summed E-state index contributed by atoms with van der Waals surface area (Å²) in [6, 6.07) is 11.3. The summed E-state index contributed by atoms with van der Waals surface area (Å²) in [5, 5.41) is 2.66. The number of amides is 2. The molecule has 0 unspecified atom stereocenters. The Hall–Kier alpha value is -2.89. The summed E-state index contributed by atoms with van der Waals surface area (Å²) < 4.78 is 0. The van der Waals surface area contributed by atoms with Gasteiger partial charge in [0.2, 0.25) is 0 Å². The summed E-state index contributed by atoms with van der Waals surface area (Å²) >= 11 is 0. The van der Waals surface area contributed by atoms with E-state index in [4.69, 9.17) is 0 Å². The van der Waals surface area contributed by atoms with E-state index >= 15 is 0 Å². The number of anilines is 2. The number of nitrogens with one attached hydrogen (secondary N) is 1. The molecule has 0 fully saturated rings. The van der Waals surface area contributed by atoms with Crippen LogP contribution in [0.5, 0.6) is 0 Å². The molecule has 0 atom stereocenters. The molecule has 1 aromatic heterocycles. The molecule has 0 spiro atoms. The number of carbonyl (C=O) groups is 2. The van der Waals surface area contributed by atoms with Crippen LogP contribution in [0.1, 0.15) is 19.4 Å². The van der Waals surface area contributed by atoms with Crippen molar-refractivity contribution in [1.82, 2.24) is 9.88 Å². The van der Waals surface area contributed by atoms with Crippen LogP contribution in [0.2, 0.25) is 0 Å². The van der Waals surface area contributed by atoms with Gasteiger partial charge < -0.3 is 15.1 Å². The van der Waals surface area contributed by atoms with Gasteiger partial charge in [0, 0.05) is 50.5 Å². The molecule has 0 saturated heterocycles. The third-order valence-corrected chi connectivity index (χ3v) is 4.28. The molecule has 0 aliphatic heterocycles. The average molecular weight is 354 g/mol. The lowest BCUT2D eigenvalue weighted by Crippen LogP contribution is -2.38. The summed E-state index contributed by atoms with van der Waals surface area (Å²) in [5.41, 5.74) is 2.78. The average Bonchev–Trinajstić information content (AvgIpc) is 2.68. The fraction of sp³-hybridized carbons (Fsp3) is 0.350. The van der Waals surface area contributed by atoms with Crippen molar-refractivity contribution >= 4 is 23.2 Å². The van der Waals surface area contributed by atoms with Crippen LogP contribution < -0.4 is 10.2 Å². The van der Waals surface area contributed by atoms with Crippen molar-refractivity contribution in [3.63, 3.8) is 0 Å². The van der Waals surface area contributed by atoms with Gasteiger partial charge in [0.1, 0.15) is 0 Å². The smallest absolute Gasteiger partial charge is 0.313 e. The van der Waals surface area contributed by atoms with Gasteiger partial charge >= 0.3 is 11.8 Å². The Balaban J connectivity index is 1.88. The Morgan fingerprint density at radius 3 is 2.19 bits per heavy atom. The fourth-order valence-electron chi connectivity index (χ4n) is 2.65. The number of rotatable bonds is 7. The number of hydrogen-bond donors (Lipinski definition) is 1. The molecule has 6 heteroatoms. The molecule has 0 aliphatic rings. The SMILES string of the molecule is CCN(CC)c1ccc(NC(=O)C(=O)N(C)CCc2ccncc2)cc1. The van der Waals surface area contributed by atoms with Crippen LogP contribution in [-0.4, -0.2) is 48.4 Å². The van der Waals surface area contributed by atoms with E-state index in [1.165, 1.54) is 4.90 Å². The number of carbonyl (C=O) groups excluding carboxylic acids is 2. The van der Waals surface area contributed by atoms with Gasteiger partial charge in [-0.25, -0.2) is 0 Å². The number of likely N-dealkylation sites (N-methyl/N-ethyl adjacent to an activating group) is 1. The van der Waals surface area contributed by atoms with Gasteiger partial charge in [-0.1, -0.05) is 0 Å². The molecule has 0 bridgehead atoms. The van der Waals surface area contributed by atoms with E-state index in [1.54, 1.807) is 19.4 Å². The molecule has 1 N–H and O–H groups in total. The van der Waals surface area contributed by atoms with E-state index in [0.29, 0.717) is 18.7 Å². The molecule has 2 amide bonds. The zero-order valence-electron chi connectivity index (χ0n) is 15.6. The van der Waals surface area contributed by atoms with Gasteiger partial charge in [-0.05, 0) is 62.2 Å². The third kappa shape index (κ3) is 5.31. The fourth-order valence-corrected chi connectivity index (χ4v) is 2.65. The Morgan fingerprint density at radius 2 is 1.62 bits per heavy atom. The summed E-state index contributed by atoms with van der Waals surface area (Å²) in [6.07, 6.45) is 4.11. The predicted molar refractivity (Wildman–Crippen MR) is 104 cm³/mol. The highest BCUT2D eigenvalue weighted by atomic mass is 16.2. The molecule has 0 radical (unpaired) electrons. The molecule has 2 aromatic rings. The lowest BCUT2D eigenvalue weighted by atomic mass is 10.2. The van der Waals surface area contributed by atoms with Crippen LogP contribution >= 0.6 is 0 Å². The van der Waals surface area contributed by atoms with Gasteiger partial charge in [0.15, 0.2) is 0 Å². The Labute approximate surface area is 154 Å². The quantitative estimate of drug-likeness (QED) is 0.776. The molecule has 6 nitrogen and oxygen atoms in total. The number of aromatic nitrogens is 1. The van der Waals surface area contributed by atoms with Crippen LogP contribution in [0.15, 0.2) is 48.8 Å². The molecular weight excluding hydrogens is 328 g/mol. The van der Waals surface area contributed by atoms with E-state index in [1.807, 2.05) is 36.4 Å². The Kier molecular flexibility index (Phi) is 7.14. The van der Waals surface area contributed by atoms with E-state index in [-0.39, 0.29) is 0 Å². The van der Waals surface area contributed by atoms with Crippen molar-refractivity contribution in [3.8, 4) is 0 Å². The number of benzene rings is 1. The first-order valence-corrected chi connectivity index (χ1v) is 8.85. The van der Waals surface area contributed by atoms with Crippen LogP contribution in [-0.2, 0) is 16.0 Å². The standard InChI is InChI=1S/C20H26N4O2/c1-4-24(5-2)18-8-6-17(7-9-18)22-19(25)20(26)23(3)15-12-16-10-13-21-14-11-16/h6-11,13-14H,4-5,12,15H2,1-3H3,(H,22,25). The van der Waals surface area contributed by atoms with Crippen molar-refractivity contribution < 1.29 is 9.59 Å². The van der Waals surface area contributed by atoms with Crippen molar-refractivity contribution in [1.29, 1.82) is 0 Å². The molecule has 2 rings (SSSR count). The van der Waals surface area contributed by atoms with Crippen LogP contribution in [0, 0.1) is 0 Å². The highest BCUT2D eigenvalue weighted by Crippen LogP contribution is 2.17. The topological polar surface area (TPSA) is 65.5 Å². The number of hydrogen-bond acceptors (Lipinski definition) is 4. The Morgan fingerprint density at radius 1 is 1.00 bits per heavy atom. The number of nitrogens with zero attached hydrogens (tertiary/aromatic N) is 3. The highest BCUT2D eigenvalue weighted by molar-refractivity contribution is 6.39. The van der Waals surface area contributed by atoms with Crippen LogP contribution in [0.25, 0.3) is 0 Å². The van der Waals surface area contributed by atoms with Crippen molar-refractivity contribution in [2.24, 2.45) is 0 Å². The van der Waals surface area contributed by atoms with Crippen LogP contribution in [0.3, 0.4) is 0 Å².